The van der Waals surface area contributed by atoms with Crippen LogP contribution in [0.2, 0.25) is 5.02 Å². The number of benzene rings is 2. The van der Waals surface area contributed by atoms with E-state index in [0.717, 1.165) is 6.07 Å². The number of ether oxygens (including phenoxy) is 1. The van der Waals surface area contributed by atoms with Gasteiger partial charge in [0.25, 0.3) is 5.91 Å². The SMILES string of the molecule is N#Cc1ccc(NC(=O)COc2ccc(F)c(Cl)c2)cc1. The number of carbonyl (C=O) groups is 1. The van der Waals surface area contributed by atoms with Crippen molar-refractivity contribution in [2.24, 2.45) is 0 Å². The summed E-state index contributed by atoms with van der Waals surface area (Å²) in [5, 5.41) is 11.2. The van der Waals surface area contributed by atoms with Crippen LogP contribution in [0.25, 0.3) is 0 Å². The average molecular weight is 305 g/mol. The minimum Gasteiger partial charge on any atom is -0.484 e. The Balaban J connectivity index is 1.89. The van der Waals surface area contributed by atoms with Crippen LogP contribution in [0.1, 0.15) is 5.56 Å². The normalized spacial score (nSPS) is 9.76. The molecule has 2 aromatic carbocycles. The highest BCUT2D eigenvalue weighted by Gasteiger charge is 2.06. The molecular weight excluding hydrogens is 295 g/mol. The van der Waals surface area contributed by atoms with Gasteiger partial charge in [-0.1, -0.05) is 11.6 Å². The predicted molar refractivity (Wildman–Crippen MR) is 76.7 cm³/mol. The minimum absolute atomic E-state index is 0.0694. The molecule has 0 fully saturated rings. The standard InChI is InChI=1S/C15H10ClFN2O2/c16-13-7-12(5-6-14(13)17)21-9-15(20)19-11-3-1-10(8-18)2-4-11/h1-7H,9H2,(H,19,20). The molecule has 2 aromatic rings. The Morgan fingerprint density at radius 1 is 1.29 bits per heavy atom. The second-order valence-corrected chi connectivity index (χ2v) is 4.51. The van der Waals surface area contributed by atoms with Crippen LogP contribution in [0, 0.1) is 17.1 Å². The molecular formula is C15H10ClFN2O2. The number of anilines is 1. The van der Waals surface area contributed by atoms with Gasteiger partial charge in [-0.25, -0.2) is 4.39 Å². The van der Waals surface area contributed by atoms with Gasteiger partial charge in [0.1, 0.15) is 11.6 Å². The molecule has 2 rings (SSSR count). The Labute approximate surface area is 125 Å². The summed E-state index contributed by atoms with van der Waals surface area (Å²) in [4.78, 5) is 11.7. The highest BCUT2D eigenvalue weighted by atomic mass is 35.5. The van der Waals surface area contributed by atoms with Gasteiger partial charge in [0, 0.05) is 11.8 Å². The lowest BCUT2D eigenvalue weighted by atomic mass is 10.2. The van der Waals surface area contributed by atoms with Crippen molar-refractivity contribution in [1.82, 2.24) is 0 Å². The molecule has 0 bridgehead atoms. The minimum atomic E-state index is -0.550. The summed E-state index contributed by atoms with van der Waals surface area (Å²) >= 11 is 5.61. The van der Waals surface area contributed by atoms with Crippen molar-refractivity contribution in [2.45, 2.75) is 0 Å². The van der Waals surface area contributed by atoms with Crippen molar-refractivity contribution >= 4 is 23.2 Å². The summed E-state index contributed by atoms with van der Waals surface area (Å²) in [5.74, 6) is -0.623. The van der Waals surface area contributed by atoms with Crippen molar-refractivity contribution in [3.63, 3.8) is 0 Å². The van der Waals surface area contributed by atoms with Gasteiger partial charge in [-0.15, -0.1) is 0 Å². The van der Waals surface area contributed by atoms with Crippen LogP contribution in [0.3, 0.4) is 0 Å². The third-order valence-corrected chi connectivity index (χ3v) is 2.85. The van der Waals surface area contributed by atoms with E-state index in [0.29, 0.717) is 17.0 Å². The molecule has 0 heterocycles. The monoisotopic (exact) mass is 304 g/mol. The number of nitriles is 1. The number of rotatable bonds is 4. The quantitative estimate of drug-likeness (QED) is 0.942. The molecule has 4 nitrogen and oxygen atoms in total. The summed E-state index contributed by atoms with van der Waals surface area (Å²) in [7, 11) is 0. The summed E-state index contributed by atoms with van der Waals surface area (Å²) in [6, 6.07) is 12.2. The summed E-state index contributed by atoms with van der Waals surface area (Å²) in [6.07, 6.45) is 0. The van der Waals surface area contributed by atoms with Crippen molar-refractivity contribution in [1.29, 1.82) is 5.26 Å². The van der Waals surface area contributed by atoms with E-state index in [9.17, 15) is 9.18 Å². The zero-order valence-electron chi connectivity index (χ0n) is 10.8. The number of hydrogen-bond donors (Lipinski definition) is 1. The lowest BCUT2D eigenvalue weighted by Gasteiger charge is -2.08. The van der Waals surface area contributed by atoms with E-state index < -0.39 is 5.82 Å². The van der Waals surface area contributed by atoms with Crippen LogP contribution in [-0.2, 0) is 4.79 Å². The number of hydrogen-bond acceptors (Lipinski definition) is 3. The third kappa shape index (κ3) is 4.20. The van der Waals surface area contributed by atoms with Crippen molar-refractivity contribution in [2.75, 3.05) is 11.9 Å². The summed E-state index contributed by atoms with van der Waals surface area (Å²) in [5.41, 5.74) is 1.06. The molecule has 0 aliphatic rings. The Bertz CT molecular complexity index is 696. The molecule has 0 aliphatic heterocycles. The number of amides is 1. The topological polar surface area (TPSA) is 62.1 Å². The highest BCUT2D eigenvalue weighted by molar-refractivity contribution is 6.30. The van der Waals surface area contributed by atoms with Gasteiger partial charge < -0.3 is 10.1 Å². The van der Waals surface area contributed by atoms with E-state index >= 15 is 0 Å². The van der Waals surface area contributed by atoms with Crippen molar-refractivity contribution in [3.05, 3.63) is 58.9 Å². The first-order valence-electron chi connectivity index (χ1n) is 5.96. The van der Waals surface area contributed by atoms with Gasteiger partial charge in [-0.05, 0) is 36.4 Å². The van der Waals surface area contributed by atoms with E-state index in [-0.39, 0.29) is 17.5 Å². The van der Waals surface area contributed by atoms with Gasteiger partial charge in [0.15, 0.2) is 6.61 Å². The molecule has 0 aromatic heterocycles. The largest absolute Gasteiger partial charge is 0.484 e. The Hall–Kier alpha value is -2.58. The molecule has 0 unspecified atom stereocenters. The van der Waals surface area contributed by atoms with Crippen LogP contribution < -0.4 is 10.1 Å². The van der Waals surface area contributed by atoms with Crippen LogP contribution >= 0.6 is 11.6 Å². The molecule has 21 heavy (non-hydrogen) atoms. The molecule has 6 heteroatoms. The van der Waals surface area contributed by atoms with Gasteiger partial charge in [0.2, 0.25) is 0 Å². The second-order valence-electron chi connectivity index (χ2n) is 4.10. The van der Waals surface area contributed by atoms with Crippen molar-refractivity contribution < 1.29 is 13.9 Å². The zero-order valence-corrected chi connectivity index (χ0v) is 11.5. The van der Waals surface area contributed by atoms with Crippen LogP contribution in [0.15, 0.2) is 42.5 Å². The van der Waals surface area contributed by atoms with E-state index in [1.165, 1.54) is 12.1 Å². The van der Waals surface area contributed by atoms with E-state index in [1.807, 2.05) is 6.07 Å². The maximum atomic E-state index is 13.0. The lowest BCUT2D eigenvalue weighted by Crippen LogP contribution is -2.20. The Kier molecular flexibility index (Phi) is 4.75. The lowest BCUT2D eigenvalue weighted by molar-refractivity contribution is -0.118. The molecule has 0 aliphatic carbocycles. The zero-order chi connectivity index (χ0) is 15.2. The Morgan fingerprint density at radius 3 is 2.62 bits per heavy atom. The number of nitrogens with one attached hydrogen (secondary N) is 1. The molecule has 0 saturated heterocycles. The van der Waals surface area contributed by atoms with Crippen molar-refractivity contribution in [3.8, 4) is 11.8 Å². The van der Waals surface area contributed by atoms with E-state index in [1.54, 1.807) is 24.3 Å². The number of carbonyl (C=O) groups excluding carboxylic acids is 1. The van der Waals surface area contributed by atoms with E-state index in [2.05, 4.69) is 5.32 Å². The molecule has 0 radical (unpaired) electrons. The number of halogens is 2. The van der Waals surface area contributed by atoms with Gasteiger partial charge in [0.05, 0.1) is 16.7 Å². The fourth-order valence-electron chi connectivity index (χ4n) is 1.54. The molecule has 1 N–H and O–H groups in total. The summed E-state index contributed by atoms with van der Waals surface area (Å²) in [6.45, 7) is -0.234. The third-order valence-electron chi connectivity index (χ3n) is 2.56. The van der Waals surface area contributed by atoms with E-state index in [4.69, 9.17) is 21.6 Å². The van der Waals surface area contributed by atoms with Gasteiger partial charge >= 0.3 is 0 Å². The number of nitrogens with zero attached hydrogens (tertiary/aromatic N) is 1. The first-order valence-corrected chi connectivity index (χ1v) is 6.34. The molecule has 0 spiro atoms. The molecule has 0 atom stereocenters. The van der Waals surface area contributed by atoms with Gasteiger partial charge in [-0.2, -0.15) is 5.26 Å². The second kappa shape index (κ2) is 6.73. The smallest absolute Gasteiger partial charge is 0.262 e. The predicted octanol–water partition coefficient (Wildman–Crippen LogP) is 3.37. The molecule has 106 valence electrons. The Morgan fingerprint density at radius 2 is 2.00 bits per heavy atom. The average Bonchev–Trinajstić information content (AvgIpc) is 2.49. The van der Waals surface area contributed by atoms with Crippen LogP contribution in [-0.4, -0.2) is 12.5 Å². The first-order chi connectivity index (χ1) is 10.1. The maximum Gasteiger partial charge on any atom is 0.262 e. The fraction of sp³-hybridized carbons (Fsp3) is 0.0667. The molecule has 1 amide bonds. The maximum absolute atomic E-state index is 13.0. The van der Waals surface area contributed by atoms with Gasteiger partial charge in [-0.3, -0.25) is 4.79 Å². The fourth-order valence-corrected chi connectivity index (χ4v) is 1.71. The van der Waals surface area contributed by atoms with Crippen LogP contribution in [0.4, 0.5) is 10.1 Å². The highest BCUT2D eigenvalue weighted by Crippen LogP contribution is 2.21. The summed E-state index contributed by atoms with van der Waals surface area (Å²) < 4.78 is 18.2. The molecule has 0 saturated carbocycles. The van der Waals surface area contributed by atoms with Crippen LogP contribution in [0.5, 0.6) is 5.75 Å². The first kappa shape index (κ1) is 14.8.